The van der Waals surface area contributed by atoms with Crippen LogP contribution in [0.1, 0.15) is 10.4 Å². The van der Waals surface area contributed by atoms with Crippen molar-refractivity contribution in [2.75, 3.05) is 11.9 Å². The third-order valence-corrected chi connectivity index (χ3v) is 4.21. The Bertz CT molecular complexity index is 709. The predicted molar refractivity (Wildman–Crippen MR) is 91.8 cm³/mol. The summed E-state index contributed by atoms with van der Waals surface area (Å²) < 4.78 is 5.87. The van der Waals surface area contributed by atoms with Crippen LogP contribution in [-0.2, 0) is 14.3 Å². The Morgan fingerprint density at radius 2 is 2.14 bits per heavy atom. The average Bonchev–Trinajstić information content (AvgIpc) is 2.89. The first-order chi connectivity index (χ1) is 10.5. The van der Waals surface area contributed by atoms with E-state index < -0.39 is 5.97 Å². The van der Waals surface area contributed by atoms with E-state index in [0.29, 0.717) is 5.69 Å². The summed E-state index contributed by atoms with van der Waals surface area (Å²) in [5.41, 5.74) is 1.72. The van der Waals surface area contributed by atoms with E-state index in [1.54, 1.807) is 12.1 Å². The molecular weight excluding hydrogens is 366 g/mol. The number of esters is 1. The fraction of sp³-hybridized carbons (Fsp3) is 0.125. The molecule has 0 aliphatic heterocycles. The summed E-state index contributed by atoms with van der Waals surface area (Å²) in [5, 5.41) is 2.67. The molecule has 0 aliphatic rings. The molecule has 1 aromatic heterocycles. The lowest BCUT2D eigenvalue weighted by Crippen LogP contribution is -2.20. The molecule has 1 amide bonds. The van der Waals surface area contributed by atoms with Crippen molar-refractivity contribution in [3.05, 3.63) is 56.7 Å². The van der Waals surface area contributed by atoms with E-state index in [9.17, 15) is 9.59 Å². The number of carbonyl (C=O) groups excluding carboxylic acids is 2. The number of thiophene rings is 1. The van der Waals surface area contributed by atoms with Crippen molar-refractivity contribution in [2.24, 2.45) is 0 Å². The lowest BCUT2D eigenvalue weighted by molar-refractivity contribution is -0.142. The van der Waals surface area contributed by atoms with Crippen molar-refractivity contribution in [2.45, 2.75) is 6.92 Å². The summed E-state index contributed by atoms with van der Waals surface area (Å²) in [5.74, 6) is -0.921. The lowest BCUT2D eigenvalue weighted by Gasteiger charge is -2.05. The molecule has 4 nitrogen and oxygen atoms in total. The molecule has 1 heterocycles. The third kappa shape index (κ3) is 5.46. The molecule has 0 aliphatic carbocycles. The highest BCUT2D eigenvalue weighted by molar-refractivity contribution is 9.11. The standard InChI is InChI=1S/C16H14BrNO3S/c1-11-3-2-4-12(9-11)18-15(19)10-21-16(20)8-6-13-5-7-14(17)22-13/h2-9H,10H2,1H3,(H,18,19)/b8-6+. The molecule has 0 saturated heterocycles. The molecule has 0 radical (unpaired) electrons. The first-order valence-electron chi connectivity index (χ1n) is 6.49. The number of rotatable bonds is 5. The van der Waals surface area contributed by atoms with E-state index in [2.05, 4.69) is 21.2 Å². The van der Waals surface area contributed by atoms with Gasteiger partial charge in [-0.25, -0.2) is 4.79 Å². The molecule has 1 aromatic carbocycles. The number of benzene rings is 1. The number of amides is 1. The minimum absolute atomic E-state index is 0.314. The summed E-state index contributed by atoms with van der Waals surface area (Å²) in [7, 11) is 0. The SMILES string of the molecule is Cc1cccc(NC(=O)COC(=O)/C=C/c2ccc(Br)s2)c1. The molecule has 0 atom stereocenters. The first-order valence-corrected chi connectivity index (χ1v) is 8.10. The Morgan fingerprint density at radius 1 is 1.32 bits per heavy atom. The maximum absolute atomic E-state index is 11.7. The van der Waals surface area contributed by atoms with Crippen molar-refractivity contribution >= 4 is 50.9 Å². The molecule has 1 N–H and O–H groups in total. The van der Waals surface area contributed by atoms with Crippen LogP contribution in [0.3, 0.4) is 0 Å². The summed E-state index contributed by atoms with van der Waals surface area (Å²) in [6, 6.07) is 11.2. The number of hydrogen-bond donors (Lipinski definition) is 1. The van der Waals surface area contributed by atoms with Gasteiger partial charge in [-0.2, -0.15) is 0 Å². The second kappa shape index (κ2) is 7.91. The minimum Gasteiger partial charge on any atom is -0.452 e. The van der Waals surface area contributed by atoms with Crippen LogP contribution < -0.4 is 5.32 Å². The fourth-order valence-electron chi connectivity index (χ4n) is 1.67. The molecule has 22 heavy (non-hydrogen) atoms. The van der Waals surface area contributed by atoms with Gasteiger partial charge in [0.15, 0.2) is 6.61 Å². The average molecular weight is 380 g/mol. The number of carbonyl (C=O) groups is 2. The van der Waals surface area contributed by atoms with Gasteiger partial charge in [-0.05, 0) is 58.8 Å². The Morgan fingerprint density at radius 3 is 2.82 bits per heavy atom. The second-order valence-electron chi connectivity index (χ2n) is 4.50. The van der Waals surface area contributed by atoms with E-state index in [4.69, 9.17) is 4.74 Å². The summed E-state index contributed by atoms with van der Waals surface area (Å²) in [4.78, 5) is 24.2. The number of nitrogens with one attached hydrogen (secondary N) is 1. The topological polar surface area (TPSA) is 55.4 Å². The van der Waals surface area contributed by atoms with Gasteiger partial charge < -0.3 is 10.1 Å². The molecule has 0 spiro atoms. The molecule has 2 rings (SSSR count). The molecule has 0 unspecified atom stereocenters. The largest absolute Gasteiger partial charge is 0.452 e. The maximum Gasteiger partial charge on any atom is 0.331 e. The summed E-state index contributed by atoms with van der Waals surface area (Å²) in [6.45, 7) is 1.62. The van der Waals surface area contributed by atoms with Gasteiger partial charge in [0.1, 0.15) is 0 Å². The number of anilines is 1. The van der Waals surface area contributed by atoms with Crippen molar-refractivity contribution in [1.82, 2.24) is 0 Å². The monoisotopic (exact) mass is 379 g/mol. The van der Waals surface area contributed by atoms with Gasteiger partial charge in [0.05, 0.1) is 3.79 Å². The summed E-state index contributed by atoms with van der Waals surface area (Å²) in [6.07, 6.45) is 2.95. The minimum atomic E-state index is -0.552. The van der Waals surface area contributed by atoms with Gasteiger partial charge >= 0.3 is 5.97 Å². The molecule has 0 fully saturated rings. The van der Waals surface area contributed by atoms with Crippen LogP contribution in [0.4, 0.5) is 5.69 Å². The Hall–Kier alpha value is -1.92. The Balaban J connectivity index is 1.78. The highest BCUT2D eigenvalue weighted by atomic mass is 79.9. The van der Waals surface area contributed by atoms with E-state index in [1.807, 2.05) is 37.3 Å². The van der Waals surface area contributed by atoms with Crippen LogP contribution in [-0.4, -0.2) is 18.5 Å². The van der Waals surface area contributed by atoms with Crippen LogP contribution in [0.5, 0.6) is 0 Å². The highest BCUT2D eigenvalue weighted by Gasteiger charge is 2.06. The van der Waals surface area contributed by atoms with Gasteiger partial charge in [-0.15, -0.1) is 11.3 Å². The van der Waals surface area contributed by atoms with Gasteiger partial charge in [0.25, 0.3) is 5.91 Å². The van der Waals surface area contributed by atoms with E-state index in [1.165, 1.54) is 17.4 Å². The Kier molecular flexibility index (Phi) is 5.91. The molecule has 0 saturated carbocycles. The number of hydrogen-bond acceptors (Lipinski definition) is 4. The Labute approximate surface area is 140 Å². The second-order valence-corrected chi connectivity index (χ2v) is 7.00. The molecule has 114 valence electrons. The van der Waals surface area contributed by atoms with Gasteiger partial charge in [0.2, 0.25) is 0 Å². The molecular formula is C16H14BrNO3S. The first kappa shape index (κ1) is 16.5. The molecule has 2 aromatic rings. The molecule has 0 bridgehead atoms. The number of aryl methyl sites for hydroxylation is 1. The van der Waals surface area contributed by atoms with Crippen molar-refractivity contribution in [3.63, 3.8) is 0 Å². The fourth-order valence-corrected chi connectivity index (χ4v) is 3.00. The lowest BCUT2D eigenvalue weighted by atomic mass is 10.2. The zero-order chi connectivity index (χ0) is 15.9. The maximum atomic E-state index is 11.7. The predicted octanol–water partition coefficient (Wildman–Crippen LogP) is 4.01. The van der Waals surface area contributed by atoms with E-state index in [-0.39, 0.29) is 12.5 Å². The van der Waals surface area contributed by atoms with Crippen molar-refractivity contribution in [1.29, 1.82) is 0 Å². The van der Waals surface area contributed by atoms with Gasteiger partial charge in [-0.3, -0.25) is 4.79 Å². The zero-order valence-corrected chi connectivity index (χ0v) is 14.2. The molecule has 6 heteroatoms. The van der Waals surface area contributed by atoms with Crippen molar-refractivity contribution < 1.29 is 14.3 Å². The quantitative estimate of drug-likeness (QED) is 0.630. The normalized spacial score (nSPS) is 10.6. The zero-order valence-electron chi connectivity index (χ0n) is 11.8. The van der Waals surface area contributed by atoms with Crippen LogP contribution in [0.15, 0.2) is 46.3 Å². The van der Waals surface area contributed by atoms with E-state index >= 15 is 0 Å². The summed E-state index contributed by atoms with van der Waals surface area (Å²) >= 11 is 4.84. The van der Waals surface area contributed by atoms with Crippen LogP contribution in [0.25, 0.3) is 6.08 Å². The van der Waals surface area contributed by atoms with E-state index in [0.717, 1.165) is 14.2 Å². The smallest absolute Gasteiger partial charge is 0.331 e. The highest BCUT2D eigenvalue weighted by Crippen LogP contribution is 2.22. The van der Waals surface area contributed by atoms with Crippen LogP contribution >= 0.6 is 27.3 Å². The number of halogens is 1. The number of ether oxygens (including phenoxy) is 1. The van der Waals surface area contributed by atoms with Gasteiger partial charge in [-0.1, -0.05) is 12.1 Å². The van der Waals surface area contributed by atoms with Crippen LogP contribution in [0.2, 0.25) is 0 Å². The van der Waals surface area contributed by atoms with Crippen LogP contribution in [0, 0.1) is 6.92 Å². The third-order valence-electron chi connectivity index (χ3n) is 2.63. The van der Waals surface area contributed by atoms with Gasteiger partial charge in [0, 0.05) is 16.6 Å². The van der Waals surface area contributed by atoms with Crippen molar-refractivity contribution in [3.8, 4) is 0 Å².